The highest BCUT2D eigenvalue weighted by atomic mass is 35.5. The maximum Gasteiger partial charge on any atom is 0.222 e. The van der Waals surface area contributed by atoms with Crippen molar-refractivity contribution in [2.45, 2.75) is 26.2 Å². The minimum absolute atomic E-state index is 0.206. The normalized spacial score (nSPS) is 15.0. The van der Waals surface area contributed by atoms with Gasteiger partial charge < -0.3 is 15.0 Å². The Morgan fingerprint density at radius 3 is 2.86 bits per heavy atom. The van der Waals surface area contributed by atoms with E-state index in [9.17, 15) is 4.79 Å². The van der Waals surface area contributed by atoms with Gasteiger partial charge >= 0.3 is 0 Å². The quantitative estimate of drug-likeness (QED) is 0.878. The molecule has 0 saturated carbocycles. The predicted molar refractivity (Wildman–Crippen MR) is 85.0 cm³/mol. The number of carbonyl (C=O) groups excluding carboxylic acids is 1. The second-order valence-corrected chi connectivity index (χ2v) is 5.67. The van der Waals surface area contributed by atoms with Crippen molar-refractivity contribution in [1.29, 1.82) is 0 Å². The minimum Gasteiger partial charge on any atom is -0.493 e. The summed E-state index contributed by atoms with van der Waals surface area (Å²) in [6.45, 7) is 6.12. The van der Waals surface area contributed by atoms with Gasteiger partial charge in [-0.15, -0.1) is 0 Å². The number of piperazine rings is 1. The number of carbonyl (C=O) groups is 1. The van der Waals surface area contributed by atoms with E-state index in [1.807, 2.05) is 23.1 Å². The Hall–Kier alpha value is -1.26. The lowest BCUT2D eigenvalue weighted by Crippen LogP contribution is -2.46. The summed E-state index contributed by atoms with van der Waals surface area (Å²) in [5.41, 5.74) is 1.01. The molecule has 5 heteroatoms. The molecule has 0 radical (unpaired) electrons. The highest BCUT2D eigenvalue weighted by molar-refractivity contribution is 6.30. The summed E-state index contributed by atoms with van der Waals surface area (Å²) in [4.78, 5) is 14.1. The van der Waals surface area contributed by atoms with Crippen molar-refractivity contribution < 1.29 is 9.53 Å². The largest absolute Gasteiger partial charge is 0.493 e. The van der Waals surface area contributed by atoms with Crippen molar-refractivity contribution in [3.05, 3.63) is 28.8 Å². The topological polar surface area (TPSA) is 41.6 Å². The number of benzene rings is 1. The van der Waals surface area contributed by atoms with Crippen LogP contribution in [0.25, 0.3) is 0 Å². The molecule has 1 aromatic carbocycles. The van der Waals surface area contributed by atoms with Crippen molar-refractivity contribution in [3.63, 3.8) is 0 Å². The van der Waals surface area contributed by atoms with Crippen molar-refractivity contribution in [2.24, 2.45) is 0 Å². The van der Waals surface area contributed by atoms with E-state index in [0.29, 0.717) is 24.5 Å². The van der Waals surface area contributed by atoms with E-state index in [1.165, 1.54) is 0 Å². The molecular formula is C16H23ClN2O2. The van der Waals surface area contributed by atoms with Crippen LogP contribution in [-0.2, 0) is 11.2 Å². The van der Waals surface area contributed by atoms with Gasteiger partial charge in [0, 0.05) is 37.6 Å². The van der Waals surface area contributed by atoms with Crippen molar-refractivity contribution in [1.82, 2.24) is 10.2 Å². The van der Waals surface area contributed by atoms with Crippen LogP contribution >= 0.6 is 11.6 Å². The van der Waals surface area contributed by atoms with Gasteiger partial charge in [0.25, 0.3) is 0 Å². The zero-order valence-corrected chi connectivity index (χ0v) is 13.3. The van der Waals surface area contributed by atoms with Crippen LogP contribution in [0.4, 0.5) is 0 Å². The van der Waals surface area contributed by atoms with Gasteiger partial charge in [-0.3, -0.25) is 4.79 Å². The van der Waals surface area contributed by atoms with Gasteiger partial charge in [-0.1, -0.05) is 18.5 Å². The van der Waals surface area contributed by atoms with E-state index < -0.39 is 0 Å². The molecule has 1 amide bonds. The molecule has 0 unspecified atom stereocenters. The number of nitrogens with one attached hydrogen (secondary N) is 1. The van der Waals surface area contributed by atoms with Crippen LogP contribution in [0.3, 0.4) is 0 Å². The Labute approximate surface area is 131 Å². The molecule has 0 aliphatic carbocycles. The predicted octanol–water partition coefficient (Wildman–Crippen LogP) is 2.49. The fourth-order valence-corrected chi connectivity index (χ4v) is 2.60. The molecular weight excluding hydrogens is 288 g/mol. The second-order valence-electron chi connectivity index (χ2n) is 5.23. The average Bonchev–Trinajstić information content (AvgIpc) is 2.52. The lowest BCUT2D eigenvalue weighted by atomic mass is 10.1. The number of ether oxygens (including phenoxy) is 1. The third-order valence-corrected chi connectivity index (χ3v) is 3.80. The molecule has 4 nitrogen and oxygen atoms in total. The number of aryl methyl sites for hydroxylation is 1. The van der Waals surface area contributed by atoms with Gasteiger partial charge in [0.1, 0.15) is 5.75 Å². The highest BCUT2D eigenvalue weighted by Gasteiger charge is 2.16. The van der Waals surface area contributed by atoms with Gasteiger partial charge in [0.2, 0.25) is 5.91 Å². The molecule has 1 aromatic rings. The van der Waals surface area contributed by atoms with Crippen LogP contribution in [0.15, 0.2) is 18.2 Å². The summed E-state index contributed by atoms with van der Waals surface area (Å²) < 4.78 is 5.73. The van der Waals surface area contributed by atoms with Crippen LogP contribution < -0.4 is 10.1 Å². The van der Waals surface area contributed by atoms with Gasteiger partial charge in [0.05, 0.1) is 6.61 Å². The molecule has 0 spiro atoms. The van der Waals surface area contributed by atoms with Crippen LogP contribution in [0.1, 0.15) is 25.3 Å². The Bertz CT molecular complexity index is 473. The molecule has 0 bridgehead atoms. The molecule has 1 heterocycles. The number of hydrogen-bond donors (Lipinski definition) is 1. The van der Waals surface area contributed by atoms with Crippen LogP contribution in [0.2, 0.25) is 5.02 Å². The van der Waals surface area contributed by atoms with Crippen molar-refractivity contribution >= 4 is 17.5 Å². The fraction of sp³-hybridized carbons (Fsp3) is 0.562. The summed E-state index contributed by atoms with van der Waals surface area (Å²) in [6.07, 6.45) is 2.13. The molecule has 116 valence electrons. The maximum absolute atomic E-state index is 12.2. The second kappa shape index (κ2) is 8.25. The van der Waals surface area contributed by atoms with Gasteiger partial charge in [-0.25, -0.2) is 0 Å². The van der Waals surface area contributed by atoms with E-state index in [4.69, 9.17) is 16.3 Å². The average molecular weight is 311 g/mol. The summed E-state index contributed by atoms with van der Waals surface area (Å²) in [7, 11) is 0. The fourth-order valence-electron chi connectivity index (χ4n) is 2.41. The SMILES string of the molecule is CCCOc1ccc(Cl)cc1CCC(=O)N1CCNCC1. The Morgan fingerprint density at radius 2 is 2.14 bits per heavy atom. The lowest BCUT2D eigenvalue weighted by molar-refractivity contribution is -0.131. The molecule has 1 aliphatic rings. The van der Waals surface area contributed by atoms with E-state index in [1.54, 1.807) is 0 Å². The van der Waals surface area contributed by atoms with Gasteiger partial charge in [0.15, 0.2) is 0 Å². The summed E-state index contributed by atoms with van der Waals surface area (Å²) in [5, 5.41) is 3.94. The Morgan fingerprint density at radius 1 is 1.38 bits per heavy atom. The summed E-state index contributed by atoms with van der Waals surface area (Å²) >= 11 is 6.06. The molecule has 2 rings (SSSR count). The number of amides is 1. The van der Waals surface area contributed by atoms with E-state index in [0.717, 1.165) is 43.9 Å². The van der Waals surface area contributed by atoms with Crippen LogP contribution in [-0.4, -0.2) is 43.6 Å². The molecule has 0 aromatic heterocycles. The molecule has 21 heavy (non-hydrogen) atoms. The number of nitrogens with zero attached hydrogens (tertiary/aromatic N) is 1. The molecule has 1 aliphatic heterocycles. The number of rotatable bonds is 6. The first-order valence-electron chi connectivity index (χ1n) is 7.60. The third kappa shape index (κ3) is 4.90. The minimum atomic E-state index is 0.206. The van der Waals surface area contributed by atoms with E-state index in [-0.39, 0.29) is 5.91 Å². The lowest BCUT2D eigenvalue weighted by Gasteiger charge is -2.27. The number of hydrogen-bond acceptors (Lipinski definition) is 3. The van der Waals surface area contributed by atoms with Crippen molar-refractivity contribution in [2.75, 3.05) is 32.8 Å². The van der Waals surface area contributed by atoms with E-state index >= 15 is 0 Å². The standard InChI is InChI=1S/C16H23ClN2O2/c1-2-11-21-15-5-4-14(17)12-13(15)3-6-16(20)19-9-7-18-8-10-19/h4-5,12,18H,2-3,6-11H2,1H3. The van der Waals surface area contributed by atoms with Crippen LogP contribution in [0, 0.1) is 0 Å². The molecule has 1 fully saturated rings. The third-order valence-electron chi connectivity index (χ3n) is 3.56. The summed E-state index contributed by atoms with van der Waals surface area (Å²) in [5.74, 6) is 1.05. The highest BCUT2D eigenvalue weighted by Crippen LogP contribution is 2.24. The van der Waals surface area contributed by atoms with E-state index in [2.05, 4.69) is 12.2 Å². The Kier molecular flexibility index (Phi) is 6.33. The first-order valence-corrected chi connectivity index (χ1v) is 7.98. The number of halogens is 1. The first kappa shape index (κ1) is 16.1. The first-order chi connectivity index (χ1) is 10.2. The monoisotopic (exact) mass is 310 g/mol. The van der Waals surface area contributed by atoms with Crippen LogP contribution in [0.5, 0.6) is 5.75 Å². The van der Waals surface area contributed by atoms with Gasteiger partial charge in [-0.05, 0) is 36.6 Å². The summed E-state index contributed by atoms with van der Waals surface area (Å²) in [6, 6.07) is 5.62. The smallest absolute Gasteiger partial charge is 0.222 e. The molecule has 1 saturated heterocycles. The molecule has 0 atom stereocenters. The van der Waals surface area contributed by atoms with Crippen molar-refractivity contribution in [3.8, 4) is 5.75 Å². The Balaban J connectivity index is 1.94. The van der Waals surface area contributed by atoms with Gasteiger partial charge in [-0.2, -0.15) is 0 Å². The maximum atomic E-state index is 12.2. The zero-order chi connectivity index (χ0) is 15.1. The zero-order valence-electron chi connectivity index (χ0n) is 12.5. The molecule has 1 N–H and O–H groups in total.